The van der Waals surface area contributed by atoms with E-state index in [-0.39, 0.29) is 10.5 Å². The lowest BCUT2D eigenvalue weighted by atomic mass is 10.3. The number of halogens is 1. The van der Waals surface area contributed by atoms with Gasteiger partial charge in [0.25, 0.3) is 15.6 Å². The third-order valence-corrected chi connectivity index (χ3v) is 6.98. The Balaban J connectivity index is 1.62. The first kappa shape index (κ1) is 19.6. The Morgan fingerprint density at radius 1 is 1.03 bits per heavy atom. The van der Waals surface area contributed by atoms with Crippen LogP contribution in [-0.2, 0) is 17.1 Å². The Kier molecular flexibility index (Phi) is 4.91. The summed E-state index contributed by atoms with van der Waals surface area (Å²) in [6.07, 6.45) is 0. The molecule has 1 aromatic heterocycles. The Labute approximate surface area is 175 Å². The van der Waals surface area contributed by atoms with Crippen molar-refractivity contribution in [1.29, 1.82) is 0 Å². The van der Waals surface area contributed by atoms with E-state index in [0.717, 1.165) is 5.69 Å². The van der Waals surface area contributed by atoms with Gasteiger partial charge in [0.1, 0.15) is 17.7 Å². The van der Waals surface area contributed by atoms with Crippen LogP contribution >= 0.6 is 15.9 Å². The first-order chi connectivity index (χ1) is 13.8. The fourth-order valence-corrected chi connectivity index (χ4v) is 4.53. The number of nitrogens with zero attached hydrogens (tertiary/aromatic N) is 2. The van der Waals surface area contributed by atoms with Gasteiger partial charge in [0.15, 0.2) is 11.5 Å². The van der Waals surface area contributed by atoms with E-state index in [0.29, 0.717) is 40.6 Å². The first-order valence-corrected chi connectivity index (χ1v) is 11.0. The van der Waals surface area contributed by atoms with Gasteiger partial charge < -0.3 is 9.47 Å². The minimum atomic E-state index is -3.81. The molecule has 0 aliphatic carbocycles. The van der Waals surface area contributed by atoms with E-state index in [4.69, 9.17) is 9.47 Å². The number of rotatable bonds is 4. The van der Waals surface area contributed by atoms with Crippen LogP contribution in [0.2, 0.25) is 0 Å². The largest absolute Gasteiger partial charge is 0.486 e. The minimum absolute atomic E-state index is 0.0779. The number of benzene rings is 2. The molecule has 8 nitrogen and oxygen atoms in total. The summed E-state index contributed by atoms with van der Waals surface area (Å²) in [7, 11) is -2.05. The quantitative estimate of drug-likeness (QED) is 0.620. The van der Waals surface area contributed by atoms with Gasteiger partial charge in [-0.05, 0) is 59.3 Å². The average Bonchev–Trinajstić information content (AvgIpc) is 2.90. The minimum Gasteiger partial charge on any atom is -0.486 e. The SMILES string of the molecule is Cc1c(Br)c(=O)n(-c2ccc(S(=O)(=O)Nc3ccc4c(c3)OCCO4)cc2)n1C. The van der Waals surface area contributed by atoms with Gasteiger partial charge in [-0.15, -0.1) is 0 Å². The predicted molar refractivity (Wildman–Crippen MR) is 112 cm³/mol. The second kappa shape index (κ2) is 7.27. The van der Waals surface area contributed by atoms with Gasteiger partial charge in [-0.2, -0.15) is 0 Å². The molecule has 1 aliphatic heterocycles. The molecule has 1 N–H and O–H groups in total. The predicted octanol–water partition coefficient (Wildman–Crippen LogP) is 2.82. The van der Waals surface area contributed by atoms with Crippen molar-refractivity contribution < 1.29 is 17.9 Å². The van der Waals surface area contributed by atoms with Crippen molar-refractivity contribution >= 4 is 31.6 Å². The molecule has 0 saturated carbocycles. The first-order valence-electron chi connectivity index (χ1n) is 8.75. The number of hydrogen-bond acceptors (Lipinski definition) is 5. The summed E-state index contributed by atoms with van der Waals surface area (Å²) >= 11 is 3.28. The van der Waals surface area contributed by atoms with Crippen LogP contribution in [0, 0.1) is 6.92 Å². The van der Waals surface area contributed by atoms with Crippen LogP contribution in [0.1, 0.15) is 5.69 Å². The normalized spacial score (nSPS) is 13.3. The topological polar surface area (TPSA) is 91.6 Å². The molecule has 0 unspecified atom stereocenters. The van der Waals surface area contributed by atoms with Crippen molar-refractivity contribution in [3.63, 3.8) is 0 Å². The molecule has 0 amide bonds. The monoisotopic (exact) mass is 479 g/mol. The van der Waals surface area contributed by atoms with Crippen molar-refractivity contribution in [3.8, 4) is 17.2 Å². The standard InChI is InChI=1S/C19H18BrN3O5S/c1-12-18(20)19(24)23(22(12)2)14-4-6-15(7-5-14)29(25,26)21-13-3-8-16-17(11-13)28-10-9-27-16/h3-8,11,21H,9-10H2,1-2H3. The van der Waals surface area contributed by atoms with E-state index in [1.807, 2.05) is 6.92 Å². The number of hydrogen-bond donors (Lipinski definition) is 1. The highest BCUT2D eigenvalue weighted by Crippen LogP contribution is 2.33. The summed E-state index contributed by atoms with van der Waals surface area (Å²) in [6.45, 7) is 2.70. The van der Waals surface area contributed by atoms with Crippen LogP contribution in [0.4, 0.5) is 5.69 Å². The summed E-state index contributed by atoms with van der Waals surface area (Å²) in [5.41, 5.74) is 1.49. The highest BCUT2D eigenvalue weighted by atomic mass is 79.9. The smallest absolute Gasteiger partial charge is 0.285 e. The number of nitrogens with one attached hydrogen (secondary N) is 1. The number of fused-ring (bicyclic) bond motifs is 1. The third-order valence-electron chi connectivity index (χ3n) is 4.67. The van der Waals surface area contributed by atoms with Gasteiger partial charge >= 0.3 is 0 Å². The Morgan fingerprint density at radius 3 is 2.31 bits per heavy atom. The highest BCUT2D eigenvalue weighted by molar-refractivity contribution is 9.10. The van der Waals surface area contributed by atoms with E-state index in [1.54, 1.807) is 42.1 Å². The molecule has 4 rings (SSSR count). The number of ether oxygens (including phenoxy) is 2. The third kappa shape index (κ3) is 3.53. The lowest BCUT2D eigenvalue weighted by molar-refractivity contribution is 0.171. The molecule has 2 aromatic carbocycles. The molecule has 10 heteroatoms. The molecule has 0 atom stereocenters. The summed E-state index contributed by atoms with van der Waals surface area (Å²) in [6, 6.07) is 11.0. The Bertz CT molecular complexity index is 1250. The number of sulfonamides is 1. The average molecular weight is 480 g/mol. The molecular formula is C19H18BrN3O5S. The molecule has 29 heavy (non-hydrogen) atoms. The van der Waals surface area contributed by atoms with Crippen LogP contribution in [0.5, 0.6) is 11.5 Å². The molecule has 0 saturated heterocycles. The van der Waals surface area contributed by atoms with Crippen molar-refractivity contribution in [1.82, 2.24) is 9.36 Å². The maximum Gasteiger partial charge on any atom is 0.285 e. The van der Waals surface area contributed by atoms with E-state index >= 15 is 0 Å². The maximum absolute atomic E-state index is 12.7. The van der Waals surface area contributed by atoms with Crippen LogP contribution < -0.4 is 19.8 Å². The zero-order valence-electron chi connectivity index (χ0n) is 15.7. The lowest BCUT2D eigenvalue weighted by Gasteiger charge is -2.19. The summed E-state index contributed by atoms with van der Waals surface area (Å²) in [4.78, 5) is 12.5. The van der Waals surface area contributed by atoms with Gasteiger partial charge in [0.2, 0.25) is 0 Å². The van der Waals surface area contributed by atoms with Crippen LogP contribution in [0.15, 0.2) is 56.6 Å². The molecule has 0 bridgehead atoms. The molecule has 3 aromatic rings. The summed E-state index contributed by atoms with van der Waals surface area (Å²) in [5.74, 6) is 1.08. The van der Waals surface area contributed by atoms with E-state index < -0.39 is 10.0 Å². The van der Waals surface area contributed by atoms with Gasteiger partial charge in [-0.3, -0.25) is 14.2 Å². The fraction of sp³-hybridized carbons (Fsp3) is 0.211. The number of anilines is 1. The molecule has 0 fully saturated rings. The van der Waals surface area contributed by atoms with Gasteiger partial charge in [-0.25, -0.2) is 13.1 Å². The zero-order chi connectivity index (χ0) is 20.8. The Hall–Kier alpha value is -2.72. The lowest BCUT2D eigenvalue weighted by Crippen LogP contribution is -2.20. The molecule has 152 valence electrons. The highest BCUT2D eigenvalue weighted by Gasteiger charge is 2.19. The van der Waals surface area contributed by atoms with Gasteiger partial charge in [0.05, 0.1) is 22.0 Å². The van der Waals surface area contributed by atoms with E-state index in [2.05, 4.69) is 20.7 Å². The van der Waals surface area contributed by atoms with Crippen molar-refractivity contribution in [2.45, 2.75) is 11.8 Å². The Morgan fingerprint density at radius 2 is 1.69 bits per heavy atom. The summed E-state index contributed by atoms with van der Waals surface area (Å²) < 4.78 is 42.6. The molecule has 2 heterocycles. The molecule has 0 radical (unpaired) electrons. The maximum atomic E-state index is 12.7. The van der Waals surface area contributed by atoms with Crippen LogP contribution in [0.3, 0.4) is 0 Å². The van der Waals surface area contributed by atoms with Crippen molar-refractivity contribution in [2.75, 3.05) is 17.9 Å². The molecule has 0 spiro atoms. The second-order valence-corrected chi connectivity index (χ2v) is 8.97. The van der Waals surface area contributed by atoms with Gasteiger partial charge in [-0.1, -0.05) is 0 Å². The fourth-order valence-electron chi connectivity index (χ4n) is 3.05. The van der Waals surface area contributed by atoms with Crippen molar-refractivity contribution in [2.24, 2.45) is 7.05 Å². The van der Waals surface area contributed by atoms with E-state index in [9.17, 15) is 13.2 Å². The molecular weight excluding hydrogens is 462 g/mol. The van der Waals surface area contributed by atoms with E-state index in [1.165, 1.54) is 16.8 Å². The van der Waals surface area contributed by atoms with Crippen molar-refractivity contribution in [3.05, 3.63) is 63.0 Å². The van der Waals surface area contributed by atoms with Crippen LogP contribution in [-0.4, -0.2) is 31.0 Å². The second-order valence-electron chi connectivity index (χ2n) is 6.50. The molecule has 1 aliphatic rings. The zero-order valence-corrected chi connectivity index (χ0v) is 18.1. The number of aromatic nitrogens is 2. The van der Waals surface area contributed by atoms with Crippen LogP contribution in [0.25, 0.3) is 5.69 Å². The summed E-state index contributed by atoms with van der Waals surface area (Å²) in [5, 5.41) is 0. The van der Waals surface area contributed by atoms with Gasteiger partial charge in [0, 0.05) is 13.1 Å².